The lowest BCUT2D eigenvalue weighted by Crippen LogP contribution is -2.22. The van der Waals surface area contributed by atoms with E-state index in [2.05, 4.69) is 24.3 Å². The van der Waals surface area contributed by atoms with Gasteiger partial charge in [-0.05, 0) is 30.5 Å². The van der Waals surface area contributed by atoms with Crippen LogP contribution in [0.4, 0.5) is 0 Å². The molecule has 1 heterocycles. The Bertz CT molecular complexity index is 610. The largest absolute Gasteiger partial charge is 0.490 e. The lowest BCUT2D eigenvalue weighted by Gasteiger charge is -2.26. The summed E-state index contributed by atoms with van der Waals surface area (Å²) in [5.74, 6) is 0.846. The summed E-state index contributed by atoms with van der Waals surface area (Å²) < 4.78 is 11.9. The number of hydrogen-bond acceptors (Lipinski definition) is 3. The fourth-order valence-corrected chi connectivity index (χ4v) is 2.77. The zero-order valence-electron chi connectivity index (χ0n) is 12.3. The van der Waals surface area contributed by atoms with Gasteiger partial charge in [0, 0.05) is 11.6 Å². The van der Waals surface area contributed by atoms with Crippen molar-refractivity contribution < 1.29 is 9.47 Å². The lowest BCUT2D eigenvalue weighted by atomic mass is 9.98. The summed E-state index contributed by atoms with van der Waals surface area (Å²) in [5, 5.41) is 0. The molecule has 2 aromatic carbocycles. The third-order valence-electron chi connectivity index (χ3n) is 3.89. The van der Waals surface area contributed by atoms with Crippen LogP contribution in [0.5, 0.6) is 5.75 Å². The van der Waals surface area contributed by atoms with Crippen LogP contribution in [0.1, 0.15) is 35.8 Å². The monoisotopic (exact) mass is 283 g/mol. The van der Waals surface area contributed by atoms with Crippen molar-refractivity contribution in [1.82, 2.24) is 0 Å². The summed E-state index contributed by atoms with van der Waals surface area (Å²) in [4.78, 5) is 0. The first kappa shape index (κ1) is 14.1. The average Bonchev–Trinajstić information content (AvgIpc) is 2.53. The third-order valence-corrected chi connectivity index (χ3v) is 3.89. The van der Waals surface area contributed by atoms with Gasteiger partial charge in [-0.25, -0.2) is 0 Å². The number of rotatable bonds is 4. The van der Waals surface area contributed by atoms with E-state index in [1.54, 1.807) is 0 Å². The number of ether oxygens (including phenoxy) is 2. The van der Waals surface area contributed by atoms with Crippen LogP contribution in [0.2, 0.25) is 0 Å². The van der Waals surface area contributed by atoms with Gasteiger partial charge in [0.1, 0.15) is 18.5 Å². The van der Waals surface area contributed by atoms with Crippen molar-refractivity contribution >= 4 is 0 Å². The van der Waals surface area contributed by atoms with Crippen molar-refractivity contribution in [3.63, 3.8) is 0 Å². The van der Waals surface area contributed by atoms with Crippen LogP contribution >= 0.6 is 0 Å². The van der Waals surface area contributed by atoms with E-state index in [0.717, 1.165) is 24.3 Å². The molecule has 0 bridgehead atoms. The van der Waals surface area contributed by atoms with Crippen molar-refractivity contribution in [1.29, 1.82) is 0 Å². The molecule has 2 aromatic rings. The van der Waals surface area contributed by atoms with E-state index in [1.165, 1.54) is 11.1 Å². The standard InChI is InChI=1S/C18H21NO2/c1-13(19)15-7-4-5-9-17(15)21-12-18-16-8-3-2-6-14(16)10-11-20-18/h2-9,13,18H,10-12,19H2,1H3/t13-,18?/m1/s1. The summed E-state index contributed by atoms with van der Waals surface area (Å²) in [7, 11) is 0. The molecule has 0 spiro atoms. The van der Waals surface area contributed by atoms with Crippen LogP contribution in [0.3, 0.4) is 0 Å². The highest BCUT2D eigenvalue weighted by Gasteiger charge is 2.21. The smallest absolute Gasteiger partial charge is 0.124 e. The minimum atomic E-state index is -0.0410. The van der Waals surface area contributed by atoms with Gasteiger partial charge >= 0.3 is 0 Å². The second-order valence-electron chi connectivity index (χ2n) is 5.45. The van der Waals surface area contributed by atoms with Crippen molar-refractivity contribution in [2.24, 2.45) is 5.73 Å². The van der Waals surface area contributed by atoms with E-state index in [1.807, 2.05) is 31.2 Å². The summed E-state index contributed by atoms with van der Waals surface area (Å²) in [6, 6.07) is 16.3. The summed E-state index contributed by atoms with van der Waals surface area (Å²) in [5.41, 5.74) is 9.61. The molecule has 0 saturated carbocycles. The van der Waals surface area contributed by atoms with Crippen molar-refractivity contribution in [2.75, 3.05) is 13.2 Å². The van der Waals surface area contributed by atoms with E-state index in [0.29, 0.717) is 6.61 Å². The van der Waals surface area contributed by atoms with Gasteiger partial charge in [0.25, 0.3) is 0 Å². The molecule has 21 heavy (non-hydrogen) atoms. The van der Waals surface area contributed by atoms with E-state index in [-0.39, 0.29) is 12.1 Å². The molecule has 0 amide bonds. The van der Waals surface area contributed by atoms with Crippen molar-refractivity contribution in [3.8, 4) is 5.75 Å². The fraction of sp³-hybridized carbons (Fsp3) is 0.333. The predicted octanol–water partition coefficient (Wildman–Crippen LogP) is 3.40. The Labute approximate surface area is 125 Å². The highest BCUT2D eigenvalue weighted by molar-refractivity contribution is 5.36. The maximum Gasteiger partial charge on any atom is 0.124 e. The predicted molar refractivity (Wildman–Crippen MR) is 83.4 cm³/mol. The molecule has 110 valence electrons. The minimum absolute atomic E-state index is 0.00362. The van der Waals surface area contributed by atoms with Crippen molar-refractivity contribution in [3.05, 3.63) is 65.2 Å². The fourth-order valence-electron chi connectivity index (χ4n) is 2.77. The van der Waals surface area contributed by atoms with Gasteiger partial charge < -0.3 is 15.2 Å². The zero-order chi connectivity index (χ0) is 14.7. The van der Waals surface area contributed by atoms with E-state index in [9.17, 15) is 0 Å². The van der Waals surface area contributed by atoms with Crippen LogP contribution in [-0.2, 0) is 11.2 Å². The molecule has 3 nitrogen and oxygen atoms in total. The number of hydrogen-bond donors (Lipinski definition) is 1. The number of nitrogens with two attached hydrogens (primary N) is 1. The van der Waals surface area contributed by atoms with Crippen molar-refractivity contribution in [2.45, 2.75) is 25.5 Å². The maximum atomic E-state index is 5.99. The molecule has 3 rings (SSSR count). The molecule has 0 saturated heterocycles. The number of para-hydroxylation sites is 1. The highest BCUT2D eigenvalue weighted by atomic mass is 16.5. The first-order valence-corrected chi connectivity index (χ1v) is 7.42. The molecule has 0 radical (unpaired) electrons. The lowest BCUT2D eigenvalue weighted by molar-refractivity contribution is 0.00993. The number of benzene rings is 2. The summed E-state index contributed by atoms with van der Waals surface area (Å²) >= 11 is 0. The zero-order valence-corrected chi connectivity index (χ0v) is 12.3. The highest BCUT2D eigenvalue weighted by Crippen LogP contribution is 2.29. The Kier molecular flexibility index (Phi) is 4.23. The van der Waals surface area contributed by atoms with Gasteiger partial charge in [0.15, 0.2) is 0 Å². The minimum Gasteiger partial charge on any atom is -0.490 e. The molecule has 0 aromatic heterocycles. The molecule has 2 N–H and O–H groups in total. The Morgan fingerprint density at radius 1 is 1.19 bits per heavy atom. The van der Waals surface area contributed by atoms with Gasteiger partial charge in [-0.15, -0.1) is 0 Å². The van der Waals surface area contributed by atoms with E-state index >= 15 is 0 Å². The number of fused-ring (bicyclic) bond motifs is 1. The van der Waals surface area contributed by atoms with Gasteiger partial charge in [-0.1, -0.05) is 42.5 Å². The molecular weight excluding hydrogens is 262 g/mol. The van der Waals surface area contributed by atoms with Gasteiger partial charge in [-0.2, -0.15) is 0 Å². The first-order chi connectivity index (χ1) is 10.3. The topological polar surface area (TPSA) is 44.5 Å². The third kappa shape index (κ3) is 3.09. The van der Waals surface area contributed by atoms with E-state index in [4.69, 9.17) is 15.2 Å². The summed E-state index contributed by atoms with van der Waals surface area (Å²) in [6.07, 6.45) is 0.972. The van der Waals surface area contributed by atoms with Gasteiger partial charge in [-0.3, -0.25) is 0 Å². The molecule has 1 aliphatic rings. The molecule has 2 atom stereocenters. The molecule has 0 fully saturated rings. The normalized spacial score (nSPS) is 18.9. The molecule has 0 aliphatic carbocycles. The average molecular weight is 283 g/mol. The van der Waals surface area contributed by atoms with E-state index < -0.39 is 0 Å². The van der Waals surface area contributed by atoms with Gasteiger partial charge in [0.2, 0.25) is 0 Å². The van der Waals surface area contributed by atoms with Crippen LogP contribution in [-0.4, -0.2) is 13.2 Å². The molecular formula is C18H21NO2. The second-order valence-corrected chi connectivity index (χ2v) is 5.45. The Morgan fingerprint density at radius 3 is 2.81 bits per heavy atom. The first-order valence-electron chi connectivity index (χ1n) is 7.42. The molecule has 1 unspecified atom stereocenters. The Morgan fingerprint density at radius 2 is 1.95 bits per heavy atom. The molecule has 1 aliphatic heterocycles. The van der Waals surface area contributed by atoms with Crippen LogP contribution in [0.25, 0.3) is 0 Å². The maximum absolute atomic E-state index is 5.99. The van der Waals surface area contributed by atoms with Crippen LogP contribution in [0.15, 0.2) is 48.5 Å². The Balaban J connectivity index is 1.75. The summed E-state index contributed by atoms with van der Waals surface area (Å²) in [6.45, 7) is 3.23. The van der Waals surface area contributed by atoms with Gasteiger partial charge in [0.05, 0.1) is 6.61 Å². The quantitative estimate of drug-likeness (QED) is 0.935. The molecule has 3 heteroatoms. The SMILES string of the molecule is C[C@@H](N)c1ccccc1OCC1OCCc2ccccc21. The van der Waals surface area contributed by atoms with Crippen LogP contribution in [0, 0.1) is 0 Å². The van der Waals surface area contributed by atoms with Crippen LogP contribution < -0.4 is 10.5 Å². The Hall–Kier alpha value is -1.84. The second kappa shape index (κ2) is 6.29.